The molecule has 0 saturated heterocycles. The highest BCUT2D eigenvalue weighted by Crippen LogP contribution is 2.38. The number of quaternary nitrogens is 1. The first-order valence-electron chi connectivity index (χ1n) is 21.1. The Bertz CT molecular complexity index is 1050. The standard InChI is InChI=1S/C44H80NO7P/c1-6-8-10-12-14-16-18-20-22-23-24-26-28-30-32-34-36-38-44(47)52-43(41-51-53(48,49)50-40-39-45(3,4)5)42(46)37-35-33-31-29-27-25-21-19-17-15-13-11-9-7-2/h22-24,26,28,30,32,34,36,38,42-43,46H,6-21,25,27,29,31,33,35,37,39-41H2,1-5H3/t42?,43-/m0/s1. The van der Waals surface area contributed by atoms with Crippen LogP contribution in [0.25, 0.3) is 0 Å². The fourth-order valence-electron chi connectivity index (χ4n) is 5.69. The molecule has 0 rings (SSSR count). The van der Waals surface area contributed by atoms with Crippen LogP contribution < -0.4 is 4.89 Å². The third kappa shape index (κ3) is 38.3. The van der Waals surface area contributed by atoms with Crippen LogP contribution in [-0.4, -0.2) is 68.7 Å². The van der Waals surface area contributed by atoms with Gasteiger partial charge in [-0.15, -0.1) is 0 Å². The van der Waals surface area contributed by atoms with E-state index in [0.29, 0.717) is 17.4 Å². The van der Waals surface area contributed by atoms with E-state index in [9.17, 15) is 19.4 Å². The van der Waals surface area contributed by atoms with Crippen molar-refractivity contribution in [3.05, 3.63) is 60.8 Å². The Labute approximate surface area is 326 Å². The number of aliphatic hydroxyl groups excluding tert-OH is 1. The van der Waals surface area contributed by atoms with Crippen LogP contribution >= 0.6 is 7.82 Å². The highest BCUT2D eigenvalue weighted by molar-refractivity contribution is 7.45. The molecule has 0 heterocycles. The van der Waals surface area contributed by atoms with Gasteiger partial charge in [-0.05, 0) is 19.3 Å². The van der Waals surface area contributed by atoms with Crippen LogP contribution in [-0.2, 0) is 23.1 Å². The third-order valence-electron chi connectivity index (χ3n) is 9.08. The Balaban J connectivity index is 4.66. The molecule has 0 aliphatic heterocycles. The summed E-state index contributed by atoms with van der Waals surface area (Å²) in [6.45, 7) is 4.42. The summed E-state index contributed by atoms with van der Waals surface area (Å²) < 4.78 is 28.5. The number of ether oxygens (including phenoxy) is 1. The van der Waals surface area contributed by atoms with Crippen molar-refractivity contribution in [1.82, 2.24) is 0 Å². The highest BCUT2D eigenvalue weighted by atomic mass is 31.2. The van der Waals surface area contributed by atoms with Gasteiger partial charge in [-0.2, -0.15) is 0 Å². The summed E-state index contributed by atoms with van der Waals surface area (Å²) in [5.74, 6) is -0.690. The second-order valence-electron chi connectivity index (χ2n) is 15.4. The first-order chi connectivity index (χ1) is 25.5. The van der Waals surface area contributed by atoms with Gasteiger partial charge < -0.3 is 28.3 Å². The number of esters is 1. The molecule has 2 unspecified atom stereocenters. The summed E-state index contributed by atoms with van der Waals surface area (Å²) >= 11 is 0. The van der Waals surface area contributed by atoms with Crippen molar-refractivity contribution in [2.24, 2.45) is 0 Å². The number of phosphoric acid groups is 1. The lowest BCUT2D eigenvalue weighted by Crippen LogP contribution is -2.38. The monoisotopic (exact) mass is 766 g/mol. The Morgan fingerprint density at radius 3 is 1.57 bits per heavy atom. The zero-order valence-electron chi connectivity index (χ0n) is 34.6. The van der Waals surface area contributed by atoms with E-state index in [4.69, 9.17) is 13.8 Å². The summed E-state index contributed by atoms with van der Waals surface area (Å²) in [5, 5.41) is 10.9. The molecule has 308 valence electrons. The molecule has 0 bridgehead atoms. The van der Waals surface area contributed by atoms with Gasteiger partial charge in [0.15, 0.2) is 6.10 Å². The van der Waals surface area contributed by atoms with Crippen molar-refractivity contribution >= 4 is 13.8 Å². The number of carbonyl (C=O) groups excluding carboxylic acids is 1. The number of allylic oxidation sites excluding steroid dienone is 9. The first kappa shape index (κ1) is 51.2. The number of carbonyl (C=O) groups is 1. The Morgan fingerprint density at radius 1 is 0.642 bits per heavy atom. The molecule has 8 nitrogen and oxygen atoms in total. The van der Waals surface area contributed by atoms with Gasteiger partial charge in [-0.3, -0.25) is 4.57 Å². The maximum atomic E-state index is 12.6. The summed E-state index contributed by atoms with van der Waals surface area (Å²) in [5.41, 5.74) is 0. The van der Waals surface area contributed by atoms with Gasteiger partial charge in [-0.1, -0.05) is 197 Å². The van der Waals surface area contributed by atoms with E-state index in [-0.39, 0.29) is 6.61 Å². The number of unbranched alkanes of at least 4 members (excludes halogenated alkanes) is 20. The number of aliphatic hydroxyl groups is 1. The number of hydrogen-bond acceptors (Lipinski definition) is 7. The van der Waals surface area contributed by atoms with E-state index in [1.54, 1.807) is 18.2 Å². The maximum absolute atomic E-state index is 12.6. The lowest BCUT2D eigenvalue weighted by molar-refractivity contribution is -0.870. The average Bonchev–Trinajstić information content (AvgIpc) is 3.10. The van der Waals surface area contributed by atoms with Gasteiger partial charge in [0.2, 0.25) is 0 Å². The number of nitrogens with zero attached hydrogens (tertiary/aromatic N) is 1. The van der Waals surface area contributed by atoms with Crippen molar-refractivity contribution in [3.8, 4) is 0 Å². The maximum Gasteiger partial charge on any atom is 0.331 e. The topological polar surface area (TPSA) is 105 Å². The van der Waals surface area contributed by atoms with Crippen molar-refractivity contribution in [2.45, 2.75) is 174 Å². The molecule has 9 heteroatoms. The molecule has 0 aliphatic rings. The Hall–Kier alpha value is -1.80. The van der Waals surface area contributed by atoms with E-state index in [1.165, 1.54) is 115 Å². The number of hydrogen-bond donors (Lipinski definition) is 1. The number of rotatable bonds is 37. The van der Waals surface area contributed by atoms with E-state index in [1.807, 2.05) is 45.4 Å². The van der Waals surface area contributed by atoms with Gasteiger partial charge in [0.1, 0.15) is 13.2 Å². The van der Waals surface area contributed by atoms with Crippen LogP contribution in [0.1, 0.15) is 162 Å². The third-order valence-corrected chi connectivity index (χ3v) is 10.0. The minimum atomic E-state index is -4.64. The van der Waals surface area contributed by atoms with Crippen molar-refractivity contribution in [2.75, 3.05) is 40.9 Å². The fraction of sp³-hybridized carbons (Fsp3) is 0.750. The molecule has 0 radical (unpaired) electrons. The summed E-state index contributed by atoms with van der Waals surface area (Å²) in [7, 11) is 1.14. The molecular formula is C44H80NO7P. The molecule has 0 amide bonds. The van der Waals surface area contributed by atoms with Gasteiger partial charge >= 0.3 is 5.97 Å². The molecule has 0 aromatic rings. The SMILES string of the molecule is CCCCCCCCCC=CC=CC=CC=CC=CC(=O)O[C@@H](COP(=O)([O-])OCC[N+](C)(C)C)C(O)CCCCCCCCCCCCCCCC. The normalized spacial score (nSPS) is 15.1. The van der Waals surface area contributed by atoms with Crippen LogP contribution in [0.3, 0.4) is 0 Å². The van der Waals surface area contributed by atoms with Crippen LogP contribution in [0.4, 0.5) is 0 Å². The summed E-state index contributed by atoms with van der Waals surface area (Å²) in [6, 6.07) is 0. The molecule has 0 aromatic heterocycles. The lowest BCUT2D eigenvalue weighted by atomic mass is 10.0. The van der Waals surface area contributed by atoms with Gasteiger partial charge in [0.05, 0.1) is 33.9 Å². The van der Waals surface area contributed by atoms with Gasteiger partial charge in [0.25, 0.3) is 7.82 Å². The molecule has 53 heavy (non-hydrogen) atoms. The molecule has 3 atom stereocenters. The second-order valence-corrected chi connectivity index (χ2v) is 16.8. The van der Waals surface area contributed by atoms with Crippen LogP contribution in [0, 0.1) is 0 Å². The Kier molecular flexibility index (Phi) is 34.7. The smallest absolute Gasteiger partial charge is 0.331 e. The van der Waals surface area contributed by atoms with Crippen molar-refractivity contribution in [3.63, 3.8) is 0 Å². The molecule has 0 aliphatic carbocycles. The Morgan fingerprint density at radius 2 is 1.08 bits per heavy atom. The molecular weight excluding hydrogens is 685 g/mol. The predicted octanol–water partition coefficient (Wildman–Crippen LogP) is 11.3. The quantitative estimate of drug-likeness (QED) is 0.0168. The zero-order valence-corrected chi connectivity index (χ0v) is 35.5. The van der Waals surface area contributed by atoms with Crippen LogP contribution in [0.2, 0.25) is 0 Å². The van der Waals surface area contributed by atoms with Crippen molar-refractivity contribution < 1.29 is 37.6 Å². The molecule has 1 N–H and O–H groups in total. The van der Waals surface area contributed by atoms with E-state index < -0.39 is 32.6 Å². The lowest BCUT2D eigenvalue weighted by Gasteiger charge is -2.29. The van der Waals surface area contributed by atoms with Gasteiger partial charge in [0, 0.05) is 6.08 Å². The van der Waals surface area contributed by atoms with E-state index in [2.05, 4.69) is 26.0 Å². The minimum Gasteiger partial charge on any atom is -0.756 e. The molecule has 0 spiro atoms. The minimum absolute atomic E-state index is 0.0361. The molecule has 0 aromatic carbocycles. The number of phosphoric ester groups is 1. The van der Waals surface area contributed by atoms with E-state index >= 15 is 0 Å². The fourth-order valence-corrected chi connectivity index (χ4v) is 6.40. The predicted molar refractivity (Wildman–Crippen MR) is 222 cm³/mol. The molecule has 0 saturated carbocycles. The number of likely N-dealkylation sites (N-methyl/N-ethyl adjacent to an activating group) is 1. The average molecular weight is 766 g/mol. The zero-order chi connectivity index (χ0) is 39.3. The van der Waals surface area contributed by atoms with Crippen LogP contribution in [0.15, 0.2) is 60.8 Å². The second kappa shape index (κ2) is 35.9. The molecule has 0 fully saturated rings. The highest BCUT2D eigenvalue weighted by Gasteiger charge is 2.25. The van der Waals surface area contributed by atoms with E-state index in [0.717, 1.165) is 32.1 Å². The summed E-state index contributed by atoms with van der Waals surface area (Å²) in [4.78, 5) is 25.0. The largest absolute Gasteiger partial charge is 0.756 e. The summed E-state index contributed by atoms with van der Waals surface area (Å²) in [6.07, 6.45) is 43.9. The van der Waals surface area contributed by atoms with Crippen molar-refractivity contribution in [1.29, 1.82) is 0 Å². The van der Waals surface area contributed by atoms with Crippen LogP contribution in [0.5, 0.6) is 0 Å². The first-order valence-corrected chi connectivity index (χ1v) is 22.6. The van der Waals surface area contributed by atoms with Gasteiger partial charge in [-0.25, -0.2) is 4.79 Å².